The second-order valence-electron chi connectivity index (χ2n) is 3.68. The molecule has 5 heteroatoms. The molecule has 2 heterocycles. The summed E-state index contributed by atoms with van der Waals surface area (Å²) in [4.78, 5) is 4.41. The zero-order valence-corrected chi connectivity index (χ0v) is 9.85. The highest BCUT2D eigenvalue weighted by Gasteiger charge is 2.21. The van der Waals surface area contributed by atoms with Gasteiger partial charge in [0.2, 0.25) is 5.89 Å². The van der Waals surface area contributed by atoms with E-state index in [1.165, 1.54) is 25.0 Å². The van der Waals surface area contributed by atoms with Crippen LogP contribution in [0, 0.1) is 0 Å². The number of hydrogen-bond donors (Lipinski definition) is 1. The zero-order valence-electron chi connectivity index (χ0n) is 9.03. The van der Waals surface area contributed by atoms with Crippen molar-refractivity contribution in [1.29, 1.82) is 0 Å². The molecule has 0 amide bonds. The van der Waals surface area contributed by atoms with Crippen LogP contribution in [-0.2, 0) is 6.54 Å². The van der Waals surface area contributed by atoms with Crippen LogP contribution in [0.25, 0.3) is 0 Å². The molecule has 1 saturated heterocycles. The second-order valence-corrected chi connectivity index (χ2v) is 4.99. The first-order valence-corrected chi connectivity index (χ1v) is 6.60. The van der Waals surface area contributed by atoms with Crippen LogP contribution >= 0.6 is 11.8 Å². The molecule has 0 aromatic carbocycles. The fourth-order valence-electron chi connectivity index (χ4n) is 1.65. The van der Waals surface area contributed by atoms with Gasteiger partial charge in [-0.2, -0.15) is 16.7 Å². The number of nitrogens with one attached hydrogen (secondary N) is 1. The first kappa shape index (κ1) is 11.0. The van der Waals surface area contributed by atoms with E-state index in [0.29, 0.717) is 17.7 Å². The van der Waals surface area contributed by atoms with Gasteiger partial charge in [0.1, 0.15) is 0 Å². The maximum Gasteiger partial charge on any atom is 0.240 e. The maximum absolute atomic E-state index is 5.18. The number of hydrogen-bond acceptors (Lipinski definition) is 5. The number of thioether (sulfide) groups is 1. The van der Waals surface area contributed by atoms with Crippen molar-refractivity contribution in [3.63, 3.8) is 0 Å². The van der Waals surface area contributed by atoms with E-state index >= 15 is 0 Å². The topological polar surface area (TPSA) is 51.0 Å². The largest absolute Gasteiger partial charge is 0.338 e. The van der Waals surface area contributed by atoms with Crippen molar-refractivity contribution in [2.45, 2.75) is 38.0 Å². The van der Waals surface area contributed by atoms with E-state index in [4.69, 9.17) is 4.52 Å². The minimum Gasteiger partial charge on any atom is -0.338 e. The number of aromatic nitrogens is 2. The molecule has 1 aliphatic rings. The first-order valence-electron chi connectivity index (χ1n) is 5.55. The van der Waals surface area contributed by atoms with Gasteiger partial charge in [-0.15, -0.1) is 0 Å². The van der Waals surface area contributed by atoms with Crippen LogP contribution < -0.4 is 5.32 Å². The lowest BCUT2D eigenvalue weighted by Gasteiger charge is -2.17. The maximum atomic E-state index is 5.18. The number of nitrogens with zero attached hydrogens (tertiary/aromatic N) is 2. The Labute approximate surface area is 94.2 Å². The van der Waals surface area contributed by atoms with Crippen LogP contribution in [0.15, 0.2) is 4.52 Å². The van der Waals surface area contributed by atoms with E-state index in [2.05, 4.69) is 22.4 Å². The van der Waals surface area contributed by atoms with Gasteiger partial charge in [-0.3, -0.25) is 0 Å². The van der Waals surface area contributed by atoms with Gasteiger partial charge in [0, 0.05) is 0 Å². The third kappa shape index (κ3) is 2.95. The van der Waals surface area contributed by atoms with Crippen LogP contribution in [0.3, 0.4) is 0 Å². The van der Waals surface area contributed by atoms with Crippen molar-refractivity contribution in [2.75, 3.05) is 12.3 Å². The van der Waals surface area contributed by atoms with Crippen molar-refractivity contribution < 1.29 is 4.52 Å². The van der Waals surface area contributed by atoms with Gasteiger partial charge in [-0.05, 0) is 25.1 Å². The van der Waals surface area contributed by atoms with Crippen LogP contribution in [-0.4, -0.2) is 22.4 Å². The molecule has 1 unspecified atom stereocenters. The fraction of sp³-hybridized carbons (Fsp3) is 0.800. The lowest BCUT2D eigenvalue weighted by Crippen LogP contribution is -2.12. The lowest BCUT2D eigenvalue weighted by atomic mass is 10.2. The van der Waals surface area contributed by atoms with Crippen molar-refractivity contribution in [3.05, 3.63) is 11.7 Å². The zero-order chi connectivity index (χ0) is 10.5. The summed E-state index contributed by atoms with van der Waals surface area (Å²) in [7, 11) is 0. The monoisotopic (exact) mass is 227 g/mol. The van der Waals surface area contributed by atoms with E-state index < -0.39 is 0 Å². The van der Waals surface area contributed by atoms with Crippen molar-refractivity contribution in [1.82, 2.24) is 15.5 Å². The summed E-state index contributed by atoms with van der Waals surface area (Å²) >= 11 is 1.95. The van der Waals surface area contributed by atoms with E-state index in [9.17, 15) is 0 Å². The van der Waals surface area contributed by atoms with E-state index in [1.54, 1.807) is 0 Å². The molecule has 0 saturated carbocycles. The minimum atomic E-state index is 0.456. The quantitative estimate of drug-likeness (QED) is 0.854. The molecule has 1 aromatic rings. The molecule has 0 spiro atoms. The van der Waals surface area contributed by atoms with Gasteiger partial charge >= 0.3 is 0 Å². The van der Waals surface area contributed by atoms with Crippen LogP contribution in [0.4, 0.5) is 0 Å². The second kappa shape index (κ2) is 5.51. The Balaban J connectivity index is 1.93. The van der Waals surface area contributed by atoms with Gasteiger partial charge in [0.05, 0.1) is 11.8 Å². The molecule has 2 rings (SSSR count). The highest BCUT2D eigenvalue weighted by atomic mass is 32.2. The molecule has 84 valence electrons. The molecule has 1 atom stereocenters. The highest BCUT2D eigenvalue weighted by Crippen LogP contribution is 2.36. The minimum absolute atomic E-state index is 0.456. The molecule has 0 aliphatic carbocycles. The molecule has 4 nitrogen and oxygen atoms in total. The Kier molecular flexibility index (Phi) is 4.02. The lowest BCUT2D eigenvalue weighted by molar-refractivity contribution is 0.363. The van der Waals surface area contributed by atoms with E-state index in [-0.39, 0.29) is 0 Å². The van der Waals surface area contributed by atoms with Gasteiger partial charge in [0.15, 0.2) is 5.82 Å². The summed E-state index contributed by atoms with van der Waals surface area (Å²) in [6.45, 7) is 3.67. The van der Waals surface area contributed by atoms with Gasteiger partial charge in [-0.1, -0.05) is 18.5 Å². The SMILES string of the molecule is CCNCc1nc(C2CCCCS2)no1. The predicted octanol–water partition coefficient (Wildman–Crippen LogP) is 2.14. The molecular formula is C10H17N3OS. The van der Waals surface area contributed by atoms with Crippen LogP contribution in [0.1, 0.15) is 43.2 Å². The molecule has 1 fully saturated rings. The molecule has 1 aliphatic heterocycles. The third-order valence-corrected chi connectivity index (χ3v) is 3.85. The van der Waals surface area contributed by atoms with Gasteiger partial charge in [-0.25, -0.2) is 0 Å². The summed E-state index contributed by atoms with van der Waals surface area (Å²) in [6, 6.07) is 0. The standard InChI is InChI=1S/C10H17N3OS/c1-2-11-7-9-12-10(13-14-9)8-5-3-4-6-15-8/h8,11H,2-7H2,1H3. The van der Waals surface area contributed by atoms with Crippen LogP contribution in [0.5, 0.6) is 0 Å². The molecule has 15 heavy (non-hydrogen) atoms. The normalized spacial score (nSPS) is 21.8. The number of rotatable bonds is 4. The average Bonchev–Trinajstić information content (AvgIpc) is 2.76. The van der Waals surface area contributed by atoms with Crippen molar-refractivity contribution >= 4 is 11.8 Å². The van der Waals surface area contributed by atoms with Crippen molar-refractivity contribution in [3.8, 4) is 0 Å². The van der Waals surface area contributed by atoms with E-state index in [0.717, 1.165) is 12.4 Å². The van der Waals surface area contributed by atoms with Crippen molar-refractivity contribution in [2.24, 2.45) is 0 Å². The Bertz CT molecular complexity index is 297. The van der Waals surface area contributed by atoms with Gasteiger partial charge in [0.25, 0.3) is 0 Å². The molecule has 0 bridgehead atoms. The summed E-state index contributed by atoms with van der Waals surface area (Å²) in [5.74, 6) is 2.81. The highest BCUT2D eigenvalue weighted by molar-refractivity contribution is 7.99. The smallest absolute Gasteiger partial charge is 0.240 e. The Morgan fingerprint density at radius 1 is 1.53 bits per heavy atom. The Hall–Kier alpha value is -0.550. The molecule has 0 radical (unpaired) electrons. The third-order valence-electron chi connectivity index (χ3n) is 2.48. The molecular weight excluding hydrogens is 210 g/mol. The van der Waals surface area contributed by atoms with Crippen LogP contribution in [0.2, 0.25) is 0 Å². The fourth-order valence-corrected chi connectivity index (χ4v) is 2.88. The first-order chi connectivity index (χ1) is 7.40. The summed E-state index contributed by atoms with van der Waals surface area (Å²) < 4.78 is 5.18. The molecule has 1 N–H and O–H groups in total. The van der Waals surface area contributed by atoms with Gasteiger partial charge < -0.3 is 9.84 Å². The average molecular weight is 227 g/mol. The summed E-state index contributed by atoms with van der Waals surface area (Å²) in [6.07, 6.45) is 3.79. The molecule has 1 aromatic heterocycles. The predicted molar refractivity (Wildman–Crippen MR) is 60.7 cm³/mol. The Morgan fingerprint density at radius 3 is 3.20 bits per heavy atom. The summed E-state index contributed by atoms with van der Waals surface area (Å²) in [5, 5.41) is 7.68. The summed E-state index contributed by atoms with van der Waals surface area (Å²) in [5.41, 5.74) is 0. The van der Waals surface area contributed by atoms with E-state index in [1.807, 2.05) is 11.8 Å². The Morgan fingerprint density at radius 2 is 2.47 bits per heavy atom.